The van der Waals surface area contributed by atoms with Crippen molar-refractivity contribution in [3.05, 3.63) is 0 Å². The van der Waals surface area contributed by atoms with Gasteiger partial charge in [-0.2, -0.15) is 0 Å². The topological polar surface area (TPSA) is 50.4 Å². The van der Waals surface area contributed by atoms with E-state index >= 15 is 0 Å². The first kappa shape index (κ1) is 16.4. The van der Waals surface area contributed by atoms with E-state index in [0.717, 1.165) is 32.5 Å². The van der Waals surface area contributed by atoms with Crippen molar-refractivity contribution in [3.63, 3.8) is 0 Å². The van der Waals surface area contributed by atoms with E-state index in [9.17, 15) is 4.79 Å². The average molecular weight is 270 g/mol. The number of methoxy groups -OCH3 is 1. The lowest BCUT2D eigenvalue weighted by Gasteiger charge is -2.19. The van der Waals surface area contributed by atoms with Crippen LogP contribution in [0.5, 0.6) is 0 Å². The third-order valence-electron chi connectivity index (χ3n) is 4.05. The number of hydrogen-bond acceptors (Lipinski definition) is 3. The van der Waals surface area contributed by atoms with Crippen LogP contribution < -0.4 is 10.6 Å². The second-order valence-corrected chi connectivity index (χ2v) is 5.84. The maximum atomic E-state index is 11.9. The second kappa shape index (κ2) is 8.54. The molecule has 0 saturated heterocycles. The maximum absolute atomic E-state index is 11.9. The van der Waals surface area contributed by atoms with E-state index in [1.54, 1.807) is 7.11 Å². The molecular formula is C15H30N2O2. The predicted octanol–water partition coefficient (Wildman–Crippen LogP) is 2.09. The molecule has 112 valence electrons. The third kappa shape index (κ3) is 6.39. The maximum Gasteiger partial charge on any atom is 0.236 e. The Bertz CT molecular complexity index is 265. The molecule has 1 rings (SSSR count). The zero-order valence-corrected chi connectivity index (χ0v) is 12.8. The molecule has 0 aromatic rings. The highest BCUT2D eigenvalue weighted by atomic mass is 16.5. The predicted molar refractivity (Wildman–Crippen MR) is 78.2 cm³/mol. The smallest absolute Gasteiger partial charge is 0.236 e. The van der Waals surface area contributed by atoms with E-state index in [1.807, 2.05) is 6.92 Å². The number of ether oxygens (including phenoxy) is 1. The number of rotatable bonds is 11. The van der Waals surface area contributed by atoms with Gasteiger partial charge in [0.1, 0.15) is 0 Å². The van der Waals surface area contributed by atoms with Gasteiger partial charge in [-0.1, -0.05) is 19.8 Å². The molecule has 4 nitrogen and oxygen atoms in total. The SMILES string of the molecule is CCCCCNC(=O)C(C)NCC1(CCOC)CC1. The Kier molecular flexibility index (Phi) is 7.39. The summed E-state index contributed by atoms with van der Waals surface area (Å²) in [5.74, 6) is 0.124. The van der Waals surface area contributed by atoms with Crippen LogP contribution in [-0.4, -0.2) is 38.8 Å². The molecule has 1 amide bonds. The Balaban J connectivity index is 2.12. The first-order valence-electron chi connectivity index (χ1n) is 7.63. The zero-order chi connectivity index (χ0) is 14.1. The number of carbonyl (C=O) groups excluding carboxylic acids is 1. The molecule has 19 heavy (non-hydrogen) atoms. The molecule has 0 spiro atoms. The molecule has 0 heterocycles. The highest BCUT2D eigenvalue weighted by Crippen LogP contribution is 2.48. The van der Waals surface area contributed by atoms with Crippen LogP contribution in [0.1, 0.15) is 52.4 Å². The molecule has 1 fully saturated rings. The monoisotopic (exact) mass is 270 g/mol. The van der Waals surface area contributed by atoms with Crippen molar-refractivity contribution >= 4 is 5.91 Å². The Morgan fingerprint density at radius 2 is 2.11 bits per heavy atom. The number of unbranched alkanes of at least 4 members (excludes halogenated alkanes) is 2. The van der Waals surface area contributed by atoms with Crippen molar-refractivity contribution in [2.24, 2.45) is 5.41 Å². The number of hydrogen-bond donors (Lipinski definition) is 2. The number of carbonyl (C=O) groups is 1. The van der Waals surface area contributed by atoms with Crippen LogP contribution in [0.4, 0.5) is 0 Å². The molecule has 1 atom stereocenters. The standard InChI is InChI=1S/C15H30N2O2/c1-4-5-6-10-16-14(18)13(2)17-12-15(7-8-15)9-11-19-3/h13,17H,4-12H2,1-3H3,(H,16,18). The van der Waals surface area contributed by atoms with Crippen LogP contribution in [0.15, 0.2) is 0 Å². The lowest BCUT2D eigenvalue weighted by Crippen LogP contribution is -2.44. The summed E-state index contributed by atoms with van der Waals surface area (Å²) < 4.78 is 5.14. The summed E-state index contributed by atoms with van der Waals surface area (Å²) in [6.45, 7) is 6.66. The van der Waals surface area contributed by atoms with E-state index < -0.39 is 0 Å². The minimum Gasteiger partial charge on any atom is -0.385 e. The molecule has 0 radical (unpaired) electrons. The lowest BCUT2D eigenvalue weighted by molar-refractivity contribution is -0.122. The molecular weight excluding hydrogens is 240 g/mol. The molecule has 0 aliphatic heterocycles. The third-order valence-corrected chi connectivity index (χ3v) is 4.05. The second-order valence-electron chi connectivity index (χ2n) is 5.84. The van der Waals surface area contributed by atoms with Gasteiger partial charge in [0.2, 0.25) is 5.91 Å². The van der Waals surface area contributed by atoms with Gasteiger partial charge in [-0.15, -0.1) is 0 Å². The van der Waals surface area contributed by atoms with Crippen LogP contribution in [0.3, 0.4) is 0 Å². The van der Waals surface area contributed by atoms with Gasteiger partial charge in [0.25, 0.3) is 0 Å². The zero-order valence-electron chi connectivity index (χ0n) is 12.8. The highest BCUT2D eigenvalue weighted by Gasteiger charge is 2.41. The van der Waals surface area contributed by atoms with Gasteiger partial charge >= 0.3 is 0 Å². The molecule has 0 aromatic heterocycles. The first-order chi connectivity index (χ1) is 9.13. The highest BCUT2D eigenvalue weighted by molar-refractivity contribution is 5.81. The van der Waals surface area contributed by atoms with Crippen molar-refractivity contribution < 1.29 is 9.53 Å². The van der Waals surface area contributed by atoms with Gasteiger partial charge in [0.05, 0.1) is 6.04 Å². The van der Waals surface area contributed by atoms with Crippen LogP contribution >= 0.6 is 0 Å². The van der Waals surface area contributed by atoms with Gasteiger partial charge in [0.15, 0.2) is 0 Å². The van der Waals surface area contributed by atoms with E-state index in [4.69, 9.17) is 4.74 Å². The van der Waals surface area contributed by atoms with Crippen molar-refractivity contribution in [1.82, 2.24) is 10.6 Å². The minimum atomic E-state index is -0.0957. The minimum absolute atomic E-state index is 0.0957. The van der Waals surface area contributed by atoms with E-state index in [2.05, 4.69) is 17.6 Å². The average Bonchev–Trinajstić information content (AvgIpc) is 3.19. The van der Waals surface area contributed by atoms with Crippen molar-refractivity contribution in [2.45, 2.75) is 58.4 Å². The molecule has 2 N–H and O–H groups in total. The normalized spacial score (nSPS) is 18.1. The van der Waals surface area contributed by atoms with Crippen LogP contribution in [0.2, 0.25) is 0 Å². The van der Waals surface area contributed by atoms with Gasteiger partial charge < -0.3 is 15.4 Å². The van der Waals surface area contributed by atoms with Crippen LogP contribution in [0.25, 0.3) is 0 Å². The Morgan fingerprint density at radius 3 is 2.68 bits per heavy atom. The summed E-state index contributed by atoms with van der Waals surface area (Å²) in [7, 11) is 1.75. The number of nitrogens with one attached hydrogen (secondary N) is 2. The van der Waals surface area contributed by atoms with Crippen molar-refractivity contribution in [1.29, 1.82) is 0 Å². The molecule has 1 aliphatic rings. The molecule has 0 bridgehead atoms. The summed E-state index contributed by atoms with van der Waals surface area (Å²) in [6, 6.07) is -0.0957. The van der Waals surface area contributed by atoms with E-state index in [-0.39, 0.29) is 11.9 Å². The summed E-state index contributed by atoms with van der Waals surface area (Å²) in [4.78, 5) is 11.9. The fourth-order valence-electron chi connectivity index (χ4n) is 2.21. The van der Waals surface area contributed by atoms with Gasteiger partial charge in [-0.05, 0) is 38.0 Å². The summed E-state index contributed by atoms with van der Waals surface area (Å²) >= 11 is 0. The first-order valence-corrected chi connectivity index (χ1v) is 7.63. The summed E-state index contributed by atoms with van der Waals surface area (Å²) in [5.41, 5.74) is 0.396. The molecule has 1 saturated carbocycles. The van der Waals surface area contributed by atoms with Gasteiger partial charge in [-0.3, -0.25) is 4.79 Å². The largest absolute Gasteiger partial charge is 0.385 e. The van der Waals surface area contributed by atoms with E-state index in [1.165, 1.54) is 25.7 Å². The fraction of sp³-hybridized carbons (Fsp3) is 0.933. The van der Waals surface area contributed by atoms with E-state index in [0.29, 0.717) is 5.41 Å². The van der Waals surface area contributed by atoms with Crippen LogP contribution in [-0.2, 0) is 9.53 Å². The lowest BCUT2D eigenvalue weighted by atomic mass is 10.0. The summed E-state index contributed by atoms with van der Waals surface area (Å²) in [6.07, 6.45) is 7.06. The molecule has 4 heteroatoms. The van der Waals surface area contributed by atoms with Crippen molar-refractivity contribution in [2.75, 3.05) is 26.8 Å². The number of amides is 1. The molecule has 0 aromatic carbocycles. The Hall–Kier alpha value is -0.610. The summed E-state index contributed by atoms with van der Waals surface area (Å²) in [5, 5.41) is 6.36. The molecule has 1 aliphatic carbocycles. The Labute approximate surface area is 117 Å². The van der Waals surface area contributed by atoms with Crippen molar-refractivity contribution in [3.8, 4) is 0 Å². The van der Waals surface area contributed by atoms with Gasteiger partial charge in [-0.25, -0.2) is 0 Å². The van der Waals surface area contributed by atoms with Crippen LogP contribution in [0, 0.1) is 5.41 Å². The molecule has 1 unspecified atom stereocenters. The quantitative estimate of drug-likeness (QED) is 0.565. The fourth-order valence-corrected chi connectivity index (χ4v) is 2.21. The van der Waals surface area contributed by atoms with Gasteiger partial charge in [0, 0.05) is 26.8 Å². The Morgan fingerprint density at radius 1 is 1.37 bits per heavy atom.